The summed E-state index contributed by atoms with van der Waals surface area (Å²) in [5.41, 5.74) is -0.152. The summed E-state index contributed by atoms with van der Waals surface area (Å²) in [6.45, 7) is 0.373. The second-order valence-electron chi connectivity index (χ2n) is 4.08. The van der Waals surface area contributed by atoms with Crippen molar-refractivity contribution >= 4 is 47.6 Å². The van der Waals surface area contributed by atoms with Crippen LogP contribution >= 0.6 is 31.9 Å². The van der Waals surface area contributed by atoms with Crippen LogP contribution in [-0.2, 0) is 16.6 Å². The van der Waals surface area contributed by atoms with Crippen molar-refractivity contribution in [3.63, 3.8) is 0 Å². The maximum atomic E-state index is 13.7. The Morgan fingerprint density at radius 1 is 1.33 bits per heavy atom. The van der Waals surface area contributed by atoms with Crippen LogP contribution in [0.3, 0.4) is 0 Å². The van der Waals surface area contributed by atoms with Crippen LogP contribution in [0.15, 0.2) is 42.7 Å². The molecule has 0 saturated carbocycles. The molecule has 0 radical (unpaired) electrons. The molecule has 0 amide bonds. The van der Waals surface area contributed by atoms with Crippen molar-refractivity contribution in [1.82, 2.24) is 5.32 Å². The Kier molecular flexibility index (Phi) is 5.07. The van der Waals surface area contributed by atoms with E-state index in [0.717, 1.165) is 0 Å². The Balaban J connectivity index is 2.39. The third-order valence-corrected chi connectivity index (χ3v) is 5.41. The quantitative estimate of drug-likeness (QED) is 0.745. The lowest BCUT2D eigenvalue weighted by Gasteiger charge is -2.09. The minimum absolute atomic E-state index is 0.0627. The van der Waals surface area contributed by atoms with Gasteiger partial charge in [0.25, 0.3) is 10.0 Å². The molecule has 2 aromatic rings. The number of para-hydroxylation sites is 1. The molecular formula is C12H11Br2FN2O3S. The Labute approximate surface area is 138 Å². The lowest BCUT2D eigenvalue weighted by atomic mass is 10.3. The number of furan rings is 1. The Hall–Kier alpha value is -0.900. The van der Waals surface area contributed by atoms with Crippen LogP contribution in [0.25, 0.3) is 0 Å². The molecule has 0 bridgehead atoms. The van der Waals surface area contributed by atoms with E-state index in [9.17, 15) is 12.8 Å². The summed E-state index contributed by atoms with van der Waals surface area (Å²) < 4.78 is 46.2. The first-order valence-electron chi connectivity index (χ1n) is 5.75. The van der Waals surface area contributed by atoms with Gasteiger partial charge in [0.15, 0.2) is 4.67 Å². The largest absolute Gasteiger partial charge is 0.451 e. The molecule has 2 N–H and O–H groups in total. The molecule has 1 aromatic carbocycles. The first kappa shape index (κ1) is 16.5. The zero-order chi connectivity index (χ0) is 15.6. The summed E-state index contributed by atoms with van der Waals surface area (Å²) in [4.78, 5) is -0.0945. The van der Waals surface area contributed by atoms with E-state index in [-0.39, 0.29) is 15.3 Å². The van der Waals surface area contributed by atoms with E-state index in [2.05, 4.69) is 41.9 Å². The Morgan fingerprint density at radius 3 is 2.67 bits per heavy atom. The van der Waals surface area contributed by atoms with Gasteiger partial charge in [-0.3, -0.25) is 4.72 Å². The van der Waals surface area contributed by atoms with Crippen LogP contribution in [0.4, 0.5) is 10.1 Å². The van der Waals surface area contributed by atoms with E-state index in [1.807, 2.05) is 0 Å². The maximum absolute atomic E-state index is 13.7. The molecule has 114 valence electrons. The molecule has 2 rings (SSSR count). The number of rotatable bonds is 5. The van der Waals surface area contributed by atoms with Gasteiger partial charge in [-0.25, -0.2) is 12.8 Å². The standard InChI is InChI=1S/C12H11Br2FN2O3S/c1-16-6-7-5-10(12(14)20-7)21(18,19)17-11-8(13)3-2-4-9(11)15/h2-5,16-17H,6H2,1H3. The van der Waals surface area contributed by atoms with Crippen molar-refractivity contribution < 1.29 is 17.2 Å². The van der Waals surface area contributed by atoms with Crippen LogP contribution in [0.1, 0.15) is 5.76 Å². The molecule has 0 fully saturated rings. The lowest BCUT2D eigenvalue weighted by molar-refractivity contribution is 0.470. The number of anilines is 1. The van der Waals surface area contributed by atoms with Gasteiger partial charge in [-0.2, -0.15) is 0 Å². The molecule has 0 saturated heterocycles. The Bertz CT molecular complexity index is 742. The molecule has 0 aliphatic rings. The summed E-state index contributed by atoms with van der Waals surface area (Å²) in [6, 6.07) is 5.55. The van der Waals surface area contributed by atoms with E-state index in [4.69, 9.17) is 4.42 Å². The van der Waals surface area contributed by atoms with Gasteiger partial charge in [-0.15, -0.1) is 0 Å². The smallest absolute Gasteiger partial charge is 0.266 e. The summed E-state index contributed by atoms with van der Waals surface area (Å²) in [5.74, 6) is -0.236. The van der Waals surface area contributed by atoms with E-state index in [0.29, 0.717) is 16.8 Å². The van der Waals surface area contributed by atoms with Gasteiger partial charge in [-0.05, 0) is 51.0 Å². The average molecular weight is 442 g/mol. The number of hydrogen-bond acceptors (Lipinski definition) is 4. The number of sulfonamides is 1. The zero-order valence-electron chi connectivity index (χ0n) is 10.8. The summed E-state index contributed by atoms with van der Waals surface area (Å²) in [6.07, 6.45) is 0. The predicted octanol–water partition coefficient (Wildman–Crippen LogP) is 3.46. The molecule has 0 aliphatic carbocycles. The van der Waals surface area contributed by atoms with Crippen molar-refractivity contribution in [2.24, 2.45) is 0 Å². The van der Waals surface area contributed by atoms with Crippen molar-refractivity contribution in [1.29, 1.82) is 0 Å². The lowest BCUT2D eigenvalue weighted by Crippen LogP contribution is -2.14. The predicted molar refractivity (Wildman–Crippen MR) is 84.1 cm³/mol. The molecular weight excluding hydrogens is 431 g/mol. The van der Waals surface area contributed by atoms with Gasteiger partial charge < -0.3 is 9.73 Å². The Morgan fingerprint density at radius 2 is 2.05 bits per heavy atom. The molecule has 0 spiro atoms. The normalized spacial score (nSPS) is 11.6. The highest BCUT2D eigenvalue weighted by Gasteiger charge is 2.24. The highest BCUT2D eigenvalue weighted by atomic mass is 79.9. The van der Waals surface area contributed by atoms with E-state index < -0.39 is 15.8 Å². The van der Waals surface area contributed by atoms with Crippen LogP contribution in [0.2, 0.25) is 0 Å². The zero-order valence-corrected chi connectivity index (χ0v) is 14.8. The highest BCUT2D eigenvalue weighted by molar-refractivity contribution is 9.10. The number of hydrogen-bond donors (Lipinski definition) is 2. The second kappa shape index (κ2) is 6.47. The summed E-state index contributed by atoms with van der Waals surface area (Å²) >= 11 is 6.16. The fourth-order valence-electron chi connectivity index (χ4n) is 1.63. The van der Waals surface area contributed by atoms with Gasteiger partial charge in [0.2, 0.25) is 0 Å². The minimum atomic E-state index is -3.97. The topological polar surface area (TPSA) is 71.3 Å². The third-order valence-electron chi connectivity index (χ3n) is 2.55. The summed E-state index contributed by atoms with van der Waals surface area (Å²) in [5, 5.41) is 2.85. The number of benzene rings is 1. The molecule has 5 nitrogen and oxygen atoms in total. The molecule has 1 heterocycles. The van der Waals surface area contributed by atoms with Crippen molar-refractivity contribution in [2.75, 3.05) is 11.8 Å². The van der Waals surface area contributed by atoms with E-state index in [1.54, 1.807) is 7.05 Å². The monoisotopic (exact) mass is 440 g/mol. The van der Waals surface area contributed by atoms with Gasteiger partial charge in [0.1, 0.15) is 16.5 Å². The molecule has 21 heavy (non-hydrogen) atoms. The fourth-order valence-corrected chi connectivity index (χ4v) is 4.29. The second-order valence-corrected chi connectivity index (χ2v) is 7.31. The van der Waals surface area contributed by atoms with Gasteiger partial charge in [0, 0.05) is 10.5 Å². The van der Waals surface area contributed by atoms with Crippen molar-refractivity contribution in [3.05, 3.63) is 45.0 Å². The van der Waals surface area contributed by atoms with Crippen LogP contribution in [0.5, 0.6) is 0 Å². The SMILES string of the molecule is CNCc1cc(S(=O)(=O)Nc2c(F)cccc2Br)c(Br)o1. The van der Waals surface area contributed by atoms with Crippen LogP contribution in [-0.4, -0.2) is 15.5 Å². The first-order chi connectivity index (χ1) is 9.85. The molecule has 0 unspecified atom stereocenters. The van der Waals surface area contributed by atoms with Gasteiger partial charge in [-0.1, -0.05) is 6.07 Å². The van der Waals surface area contributed by atoms with Gasteiger partial charge >= 0.3 is 0 Å². The van der Waals surface area contributed by atoms with E-state index >= 15 is 0 Å². The van der Waals surface area contributed by atoms with Crippen molar-refractivity contribution in [3.8, 4) is 0 Å². The third kappa shape index (κ3) is 3.65. The number of nitrogens with one attached hydrogen (secondary N) is 2. The van der Waals surface area contributed by atoms with Crippen molar-refractivity contribution in [2.45, 2.75) is 11.4 Å². The average Bonchev–Trinajstić information content (AvgIpc) is 2.76. The first-order valence-corrected chi connectivity index (χ1v) is 8.81. The molecule has 1 aromatic heterocycles. The highest BCUT2D eigenvalue weighted by Crippen LogP contribution is 2.31. The maximum Gasteiger partial charge on any atom is 0.266 e. The molecule has 0 atom stereocenters. The van der Waals surface area contributed by atoms with Crippen LogP contribution in [0, 0.1) is 5.82 Å². The molecule has 0 aliphatic heterocycles. The van der Waals surface area contributed by atoms with E-state index in [1.165, 1.54) is 24.3 Å². The minimum Gasteiger partial charge on any atom is -0.451 e. The fraction of sp³-hybridized carbons (Fsp3) is 0.167. The van der Waals surface area contributed by atoms with Gasteiger partial charge in [0.05, 0.1) is 12.2 Å². The molecule has 9 heteroatoms. The van der Waals surface area contributed by atoms with Crippen LogP contribution < -0.4 is 10.0 Å². The summed E-state index contributed by atoms with van der Waals surface area (Å²) in [7, 11) is -2.27. The number of halogens is 3.